The molecule has 0 spiro atoms. The van der Waals surface area contributed by atoms with Crippen molar-refractivity contribution in [2.45, 2.75) is 32.7 Å². The molecule has 4 heteroatoms. The van der Waals surface area contributed by atoms with Gasteiger partial charge in [0, 0.05) is 6.54 Å². The van der Waals surface area contributed by atoms with Crippen molar-refractivity contribution in [1.29, 1.82) is 0 Å². The van der Waals surface area contributed by atoms with E-state index in [0.29, 0.717) is 18.0 Å². The van der Waals surface area contributed by atoms with E-state index in [4.69, 9.17) is 14.9 Å². The zero-order valence-electron chi connectivity index (χ0n) is 10.9. The molecule has 1 aromatic carbocycles. The fourth-order valence-corrected chi connectivity index (χ4v) is 1.55. The number of hydrogen-bond donors (Lipinski definition) is 1. The van der Waals surface area contributed by atoms with Gasteiger partial charge in [0.15, 0.2) is 0 Å². The summed E-state index contributed by atoms with van der Waals surface area (Å²) >= 11 is 0. The van der Waals surface area contributed by atoms with Crippen molar-refractivity contribution in [1.82, 2.24) is 4.98 Å². The molecule has 0 amide bonds. The van der Waals surface area contributed by atoms with Gasteiger partial charge in [-0.3, -0.25) is 0 Å². The van der Waals surface area contributed by atoms with Crippen molar-refractivity contribution in [3.05, 3.63) is 41.8 Å². The third-order valence-electron chi connectivity index (χ3n) is 2.67. The fraction of sp³-hybridized carbons (Fsp3) is 0.357. The van der Waals surface area contributed by atoms with Gasteiger partial charge in [-0.05, 0) is 23.1 Å². The van der Waals surface area contributed by atoms with Crippen LogP contribution in [0, 0.1) is 0 Å². The number of benzene rings is 1. The lowest BCUT2D eigenvalue weighted by molar-refractivity contribution is 0.330. The van der Waals surface area contributed by atoms with Crippen LogP contribution in [0.25, 0.3) is 0 Å². The van der Waals surface area contributed by atoms with Crippen LogP contribution in [-0.4, -0.2) is 4.98 Å². The Bertz CT molecular complexity index is 509. The Morgan fingerprint density at radius 1 is 1.22 bits per heavy atom. The van der Waals surface area contributed by atoms with E-state index in [1.54, 1.807) is 0 Å². The van der Waals surface area contributed by atoms with Crippen LogP contribution >= 0.6 is 0 Å². The highest BCUT2D eigenvalue weighted by Gasteiger charge is 2.13. The summed E-state index contributed by atoms with van der Waals surface area (Å²) in [6.07, 6.45) is 1.72. The van der Waals surface area contributed by atoms with Crippen LogP contribution in [0.4, 0.5) is 0 Å². The Kier molecular flexibility index (Phi) is 3.39. The first-order chi connectivity index (χ1) is 8.49. The maximum absolute atomic E-state index is 5.50. The van der Waals surface area contributed by atoms with Crippen LogP contribution in [0.1, 0.15) is 32.0 Å². The second kappa shape index (κ2) is 4.82. The molecule has 0 atom stereocenters. The van der Waals surface area contributed by atoms with Crippen LogP contribution in [0.5, 0.6) is 11.8 Å². The van der Waals surface area contributed by atoms with E-state index in [1.165, 1.54) is 11.8 Å². The van der Waals surface area contributed by atoms with Gasteiger partial charge in [0.1, 0.15) is 12.0 Å². The van der Waals surface area contributed by atoms with Crippen LogP contribution in [0.2, 0.25) is 0 Å². The molecule has 2 rings (SSSR count). The molecule has 1 aromatic heterocycles. The van der Waals surface area contributed by atoms with Gasteiger partial charge in [0.05, 0.1) is 5.69 Å². The minimum absolute atomic E-state index is 0.133. The molecule has 0 radical (unpaired) electrons. The number of rotatable bonds is 3. The molecule has 0 aliphatic rings. The maximum atomic E-state index is 5.50. The predicted octanol–water partition coefficient (Wildman–Crippen LogP) is 3.22. The van der Waals surface area contributed by atoms with Crippen molar-refractivity contribution in [3.8, 4) is 11.8 Å². The van der Waals surface area contributed by atoms with Crippen LogP contribution in [-0.2, 0) is 12.0 Å². The first-order valence-electron chi connectivity index (χ1n) is 5.92. The molecule has 0 aliphatic heterocycles. The molecular formula is C14H18N2O2. The topological polar surface area (TPSA) is 61.3 Å². The molecule has 0 unspecified atom stereocenters. The van der Waals surface area contributed by atoms with Gasteiger partial charge in [-0.15, -0.1) is 0 Å². The molecule has 1 heterocycles. The molecule has 0 fully saturated rings. The summed E-state index contributed by atoms with van der Waals surface area (Å²) in [5, 5.41) is 0. The Morgan fingerprint density at radius 2 is 1.89 bits per heavy atom. The third kappa shape index (κ3) is 2.90. The Morgan fingerprint density at radius 3 is 2.39 bits per heavy atom. The second-order valence-electron chi connectivity index (χ2n) is 5.19. The number of ether oxygens (including phenoxy) is 1. The van der Waals surface area contributed by atoms with Gasteiger partial charge < -0.3 is 14.9 Å². The first kappa shape index (κ1) is 12.6. The molecule has 96 valence electrons. The summed E-state index contributed by atoms with van der Waals surface area (Å²) in [6.45, 7) is 6.86. The predicted molar refractivity (Wildman–Crippen MR) is 69.6 cm³/mol. The van der Waals surface area contributed by atoms with E-state index in [9.17, 15) is 0 Å². The van der Waals surface area contributed by atoms with Crippen molar-refractivity contribution in [2.75, 3.05) is 0 Å². The third-order valence-corrected chi connectivity index (χ3v) is 2.67. The quantitative estimate of drug-likeness (QED) is 0.903. The van der Waals surface area contributed by atoms with Gasteiger partial charge in [-0.2, -0.15) is 4.98 Å². The van der Waals surface area contributed by atoms with Crippen molar-refractivity contribution in [2.24, 2.45) is 5.73 Å². The summed E-state index contributed by atoms with van der Waals surface area (Å²) in [6, 6.07) is 7.91. The van der Waals surface area contributed by atoms with Gasteiger partial charge in [-0.25, -0.2) is 0 Å². The number of nitrogens with two attached hydrogens (primary N) is 1. The van der Waals surface area contributed by atoms with Gasteiger partial charge in [0.25, 0.3) is 0 Å². The van der Waals surface area contributed by atoms with Crippen molar-refractivity contribution < 1.29 is 9.15 Å². The fourth-order valence-electron chi connectivity index (χ4n) is 1.55. The lowest BCUT2D eigenvalue weighted by atomic mass is 9.87. The molecular weight excluding hydrogens is 228 g/mol. The lowest BCUT2D eigenvalue weighted by Gasteiger charge is -2.18. The lowest BCUT2D eigenvalue weighted by Crippen LogP contribution is -2.10. The van der Waals surface area contributed by atoms with Gasteiger partial charge in [-0.1, -0.05) is 32.9 Å². The largest absolute Gasteiger partial charge is 0.417 e. The van der Waals surface area contributed by atoms with E-state index in [1.807, 2.05) is 24.3 Å². The monoisotopic (exact) mass is 246 g/mol. The minimum atomic E-state index is 0.133. The SMILES string of the molecule is CC(C)(C)c1ccc(Oc2nc(CN)co2)cc1. The minimum Gasteiger partial charge on any atom is -0.417 e. The highest BCUT2D eigenvalue weighted by atomic mass is 16.6. The second-order valence-corrected chi connectivity index (χ2v) is 5.19. The van der Waals surface area contributed by atoms with Crippen LogP contribution in [0.3, 0.4) is 0 Å². The van der Waals surface area contributed by atoms with Crippen molar-refractivity contribution in [3.63, 3.8) is 0 Å². The highest BCUT2D eigenvalue weighted by Crippen LogP contribution is 2.26. The standard InChI is InChI=1S/C14H18N2O2/c1-14(2,3)10-4-6-12(7-5-10)18-13-16-11(8-15)9-17-13/h4-7,9H,8,15H2,1-3H3. The van der Waals surface area contributed by atoms with E-state index < -0.39 is 0 Å². The average Bonchev–Trinajstić information content (AvgIpc) is 2.76. The molecule has 2 N–H and O–H groups in total. The molecule has 4 nitrogen and oxygen atoms in total. The number of aromatic nitrogens is 1. The molecule has 0 saturated heterocycles. The summed E-state index contributed by atoms with van der Waals surface area (Å²) < 4.78 is 10.6. The highest BCUT2D eigenvalue weighted by molar-refractivity contribution is 5.32. The maximum Gasteiger partial charge on any atom is 0.399 e. The summed E-state index contributed by atoms with van der Waals surface area (Å²) in [4.78, 5) is 4.08. The van der Waals surface area contributed by atoms with Gasteiger partial charge in [0.2, 0.25) is 0 Å². The van der Waals surface area contributed by atoms with E-state index in [2.05, 4.69) is 25.8 Å². The number of hydrogen-bond acceptors (Lipinski definition) is 4. The normalized spacial score (nSPS) is 11.6. The van der Waals surface area contributed by atoms with Gasteiger partial charge >= 0.3 is 6.08 Å². The van der Waals surface area contributed by atoms with Crippen molar-refractivity contribution >= 4 is 0 Å². The van der Waals surface area contributed by atoms with Crippen LogP contribution < -0.4 is 10.5 Å². The molecule has 0 aliphatic carbocycles. The van der Waals surface area contributed by atoms with E-state index in [-0.39, 0.29) is 11.5 Å². The van der Waals surface area contributed by atoms with Crippen LogP contribution in [0.15, 0.2) is 34.9 Å². The summed E-state index contributed by atoms with van der Waals surface area (Å²) in [5.74, 6) is 0.702. The average molecular weight is 246 g/mol. The zero-order valence-corrected chi connectivity index (χ0v) is 10.9. The molecule has 18 heavy (non-hydrogen) atoms. The Balaban J connectivity index is 2.11. The van der Waals surface area contributed by atoms with E-state index in [0.717, 1.165) is 0 Å². The smallest absolute Gasteiger partial charge is 0.399 e. The molecule has 0 bridgehead atoms. The number of oxazole rings is 1. The van der Waals surface area contributed by atoms with E-state index >= 15 is 0 Å². The first-order valence-corrected chi connectivity index (χ1v) is 5.92. The Labute approximate surface area is 107 Å². The summed E-state index contributed by atoms with van der Waals surface area (Å²) in [7, 11) is 0. The Hall–Kier alpha value is -1.81. The summed E-state index contributed by atoms with van der Waals surface area (Å²) in [5.41, 5.74) is 7.51. The zero-order chi connectivity index (χ0) is 13.2. The molecule has 2 aromatic rings. The molecule has 0 saturated carbocycles. The number of nitrogens with zero attached hydrogens (tertiary/aromatic N) is 1.